The molecule has 2 N–H and O–H groups in total. The van der Waals surface area contributed by atoms with Crippen molar-refractivity contribution in [2.45, 2.75) is 18.7 Å². The van der Waals surface area contributed by atoms with Crippen molar-refractivity contribution in [3.05, 3.63) is 58.6 Å². The zero-order chi connectivity index (χ0) is 19.4. The Bertz CT molecular complexity index is 1130. The molecule has 0 spiro atoms. The molecule has 0 fully saturated rings. The van der Waals surface area contributed by atoms with E-state index in [0.29, 0.717) is 29.4 Å². The van der Waals surface area contributed by atoms with E-state index in [4.69, 9.17) is 9.15 Å². The average Bonchev–Trinajstić information content (AvgIpc) is 2.99. The van der Waals surface area contributed by atoms with Crippen LogP contribution in [0.3, 0.4) is 0 Å². The first-order chi connectivity index (χ1) is 12.8. The fraction of sp³-hybridized carbons (Fsp3) is 0.222. The third kappa shape index (κ3) is 4.76. The Balaban J connectivity index is 1.72. The Labute approximate surface area is 155 Å². The average molecular weight is 389 g/mol. The summed E-state index contributed by atoms with van der Waals surface area (Å²) in [6.45, 7) is 4.69. The summed E-state index contributed by atoms with van der Waals surface area (Å²) in [4.78, 5) is 15.7. The number of hydrogen-bond acceptors (Lipinski definition) is 6. The molecule has 0 unspecified atom stereocenters. The summed E-state index contributed by atoms with van der Waals surface area (Å²) in [6, 6.07) is 11.2. The van der Waals surface area contributed by atoms with Crippen LogP contribution in [0.5, 0.6) is 5.75 Å². The summed E-state index contributed by atoms with van der Waals surface area (Å²) >= 11 is 0. The third-order valence-corrected chi connectivity index (χ3v) is 4.75. The normalized spacial score (nSPS) is 12.1. The lowest BCUT2D eigenvalue weighted by Gasteiger charge is -2.08. The van der Waals surface area contributed by atoms with Crippen LogP contribution in [0.4, 0.5) is 0 Å². The second-order valence-corrected chi connectivity index (χ2v) is 7.96. The first-order valence-corrected chi connectivity index (χ1v) is 9.72. The summed E-state index contributed by atoms with van der Waals surface area (Å²) in [6.07, 6.45) is 1.38. The molecule has 0 atom stereocenters. The molecule has 1 aromatic heterocycles. The highest BCUT2D eigenvalue weighted by atomic mass is 32.2. The van der Waals surface area contributed by atoms with E-state index in [1.54, 1.807) is 18.2 Å². The number of rotatable bonds is 7. The molecule has 3 aromatic rings. The minimum atomic E-state index is -3.90. The first-order valence-electron chi connectivity index (χ1n) is 8.24. The van der Waals surface area contributed by atoms with E-state index in [0.717, 1.165) is 0 Å². The van der Waals surface area contributed by atoms with Gasteiger partial charge in [-0.05, 0) is 35.7 Å². The molecule has 3 rings (SSSR count). The largest absolute Gasteiger partial charge is 0.493 e. The van der Waals surface area contributed by atoms with Crippen LogP contribution in [0.2, 0.25) is 0 Å². The quantitative estimate of drug-likeness (QED) is 0.476. The molecule has 0 amide bonds. The van der Waals surface area contributed by atoms with Gasteiger partial charge in [-0.2, -0.15) is 13.5 Å². The number of hydrazone groups is 1. The second-order valence-electron chi connectivity index (χ2n) is 6.30. The smallest absolute Gasteiger partial charge is 0.417 e. The number of ether oxygens (including phenoxy) is 1. The maximum atomic E-state index is 12.3. The van der Waals surface area contributed by atoms with E-state index in [1.807, 2.05) is 6.07 Å². The Morgan fingerprint density at radius 2 is 2.07 bits per heavy atom. The second kappa shape index (κ2) is 7.67. The number of sulfonamides is 1. The topological polar surface area (TPSA) is 114 Å². The van der Waals surface area contributed by atoms with Crippen molar-refractivity contribution >= 4 is 27.3 Å². The number of benzene rings is 2. The van der Waals surface area contributed by atoms with Gasteiger partial charge in [0, 0.05) is 6.07 Å². The van der Waals surface area contributed by atoms with Gasteiger partial charge >= 0.3 is 5.76 Å². The molecule has 0 aliphatic rings. The molecule has 0 aliphatic heterocycles. The molecule has 27 heavy (non-hydrogen) atoms. The summed E-state index contributed by atoms with van der Waals surface area (Å²) in [5.41, 5.74) is 1.26. The van der Waals surface area contributed by atoms with Crippen LogP contribution >= 0.6 is 0 Å². The molecule has 0 radical (unpaired) electrons. The van der Waals surface area contributed by atoms with Gasteiger partial charge in [0.2, 0.25) is 0 Å². The maximum absolute atomic E-state index is 12.3. The molecule has 142 valence electrons. The molecule has 0 bridgehead atoms. The number of aromatic nitrogens is 1. The van der Waals surface area contributed by atoms with Gasteiger partial charge in [-0.1, -0.05) is 26.0 Å². The Morgan fingerprint density at radius 1 is 1.26 bits per heavy atom. The lowest BCUT2D eigenvalue weighted by Crippen LogP contribution is -2.18. The SMILES string of the molecule is CC(C)COc1cccc(/C=N/NS(=O)(=O)c2ccc3[nH]c(=O)oc3c2)c1. The van der Waals surface area contributed by atoms with Crippen LogP contribution in [0, 0.1) is 5.92 Å². The number of nitrogens with one attached hydrogen (secondary N) is 2. The molecule has 8 nitrogen and oxygen atoms in total. The minimum Gasteiger partial charge on any atom is -0.493 e. The fourth-order valence-corrected chi connectivity index (χ4v) is 3.07. The highest BCUT2D eigenvalue weighted by molar-refractivity contribution is 7.89. The van der Waals surface area contributed by atoms with Crippen LogP contribution in [0.25, 0.3) is 11.1 Å². The van der Waals surface area contributed by atoms with Gasteiger partial charge in [-0.15, -0.1) is 0 Å². The zero-order valence-corrected chi connectivity index (χ0v) is 15.6. The number of nitrogens with zero attached hydrogens (tertiary/aromatic N) is 1. The molecule has 0 saturated heterocycles. The number of fused-ring (bicyclic) bond motifs is 1. The fourth-order valence-electron chi connectivity index (χ4n) is 2.26. The number of oxazole rings is 1. The van der Waals surface area contributed by atoms with Crippen LogP contribution in [-0.2, 0) is 10.0 Å². The van der Waals surface area contributed by atoms with Crippen LogP contribution < -0.4 is 15.3 Å². The van der Waals surface area contributed by atoms with Crippen molar-refractivity contribution in [2.75, 3.05) is 6.61 Å². The van der Waals surface area contributed by atoms with Crippen molar-refractivity contribution in [3.8, 4) is 5.75 Å². The molecule has 0 saturated carbocycles. The van der Waals surface area contributed by atoms with E-state index in [-0.39, 0.29) is 10.5 Å². The van der Waals surface area contributed by atoms with Crippen molar-refractivity contribution in [1.82, 2.24) is 9.82 Å². The van der Waals surface area contributed by atoms with Gasteiger partial charge in [0.1, 0.15) is 5.75 Å². The molecule has 0 aliphatic carbocycles. The third-order valence-electron chi connectivity index (χ3n) is 3.53. The minimum absolute atomic E-state index is 0.0658. The lowest BCUT2D eigenvalue weighted by atomic mass is 10.2. The van der Waals surface area contributed by atoms with Crippen molar-refractivity contribution in [1.29, 1.82) is 0 Å². The highest BCUT2D eigenvalue weighted by Gasteiger charge is 2.15. The molecule has 2 aromatic carbocycles. The van der Waals surface area contributed by atoms with Gasteiger partial charge in [-0.25, -0.2) is 9.63 Å². The monoisotopic (exact) mass is 389 g/mol. The number of hydrogen-bond donors (Lipinski definition) is 2. The summed E-state index contributed by atoms with van der Waals surface area (Å²) in [7, 11) is -3.90. The van der Waals surface area contributed by atoms with E-state index >= 15 is 0 Å². The molecule has 9 heteroatoms. The number of aromatic amines is 1. The Morgan fingerprint density at radius 3 is 2.85 bits per heavy atom. The lowest BCUT2D eigenvalue weighted by molar-refractivity contribution is 0.271. The van der Waals surface area contributed by atoms with E-state index in [1.165, 1.54) is 24.4 Å². The van der Waals surface area contributed by atoms with E-state index in [2.05, 4.69) is 28.8 Å². The Hall–Kier alpha value is -3.07. The predicted octanol–water partition coefficient (Wildman–Crippen LogP) is 2.47. The Kier molecular flexibility index (Phi) is 5.31. The van der Waals surface area contributed by atoms with Gasteiger partial charge in [0.15, 0.2) is 5.58 Å². The number of H-pyrrole nitrogens is 1. The predicted molar refractivity (Wildman–Crippen MR) is 102 cm³/mol. The highest BCUT2D eigenvalue weighted by Crippen LogP contribution is 2.17. The van der Waals surface area contributed by atoms with Gasteiger partial charge < -0.3 is 9.15 Å². The maximum Gasteiger partial charge on any atom is 0.417 e. The zero-order valence-electron chi connectivity index (χ0n) is 14.8. The summed E-state index contributed by atoms with van der Waals surface area (Å²) < 4.78 is 35.2. The molecular formula is C18H19N3O5S. The van der Waals surface area contributed by atoms with Crippen LogP contribution in [-0.4, -0.2) is 26.2 Å². The summed E-state index contributed by atoms with van der Waals surface area (Å²) in [5.74, 6) is 0.435. The van der Waals surface area contributed by atoms with Gasteiger partial charge in [-0.3, -0.25) is 4.98 Å². The first kappa shape index (κ1) is 18.7. The van der Waals surface area contributed by atoms with Gasteiger partial charge in [0.05, 0.1) is 23.2 Å². The molecular weight excluding hydrogens is 370 g/mol. The van der Waals surface area contributed by atoms with Crippen LogP contribution in [0.15, 0.2) is 61.7 Å². The van der Waals surface area contributed by atoms with Crippen molar-refractivity contribution in [3.63, 3.8) is 0 Å². The van der Waals surface area contributed by atoms with Crippen LogP contribution in [0.1, 0.15) is 19.4 Å². The van der Waals surface area contributed by atoms with E-state index < -0.39 is 15.8 Å². The van der Waals surface area contributed by atoms with Crippen molar-refractivity contribution in [2.24, 2.45) is 11.0 Å². The standard InChI is InChI=1S/C18H19N3O5S/c1-12(2)11-25-14-5-3-4-13(8-14)10-19-21-27(23,24)15-6-7-16-17(9-15)26-18(22)20-16/h3-10,12,21H,11H2,1-2H3,(H,20,22)/b19-10+. The summed E-state index contributed by atoms with van der Waals surface area (Å²) in [5, 5.41) is 3.79. The van der Waals surface area contributed by atoms with E-state index in [9.17, 15) is 13.2 Å². The van der Waals surface area contributed by atoms with Gasteiger partial charge in [0.25, 0.3) is 10.0 Å². The van der Waals surface area contributed by atoms with Crippen molar-refractivity contribution < 1.29 is 17.6 Å². The molecule has 1 heterocycles.